The highest BCUT2D eigenvalue weighted by Crippen LogP contribution is 2.13. The van der Waals surface area contributed by atoms with E-state index in [1.807, 2.05) is 42.5 Å². The summed E-state index contributed by atoms with van der Waals surface area (Å²) >= 11 is 0. The van der Waals surface area contributed by atoms with Crippen LogP contribution in [0.2, 0.25) is 0 Å². The highest BCUT2D eigenvalue weighted by atomic mass is 16.2. The Hall–Kier alpha value is -3.15. The Morgan fingerprint density at radius 3 is 2.48 bits per heavy atom. The Balaban J connectivity index is 1.73. The summed E-state index contributed by atoms with van der Waals surface area (Å²) in [5.74, 6) is -0.325. The van der Waals surface area contributed by atoms with Gasteiger partial charge in [-0.1, -0.05) is 49.7 Å². The summed E-state index contributed by atoms with van der Waals surface area (Å²) in [5, 5.41) is 5.75. The van der Waals surface area contributed by atoms with E-state index >= 15 is 0 Å². The number of imidazole rings is 1. The van der Waals surface area contributed by atoms with Crippen LogP contribution in [-0.2, 0) is 6.42 Å². The van der Waals surface area contributed by atoms with Crippen molar-refractivity contribution in [3.8, 4) is 0 Å². The van der Waals surface area contributed by atoms with Gasteiger partial charge in [0.05, 0.1) is 5.52 Å². The summed E-state index contributed by atoms with van der Waals surface area (Å²) in [7, 11) is 0. The first-order valence-electron chi connectivity index (χ1n) is 9.28. The first kappa shape index (κ1) is 18.6. The largest absolute Gasteiger partial charge is 0.351 e. The second-order valence-corrected chi connectivity index (χ2v) is 6.34. The molecule has 2 amide bonds. The molecule has 0 fully saturated rings. The molecule has 0 aliphatic carbocycles. The summed E-state index contributed by atoms with van der Waals surface area (Å²) in [5.41, 5.74) is 2.06. The molecule has 0 saturated heterocycles. The van der Waals surface area contributed by atoms with Crippen LogP contribution in [0.3, 0.4) is 0 Å². The summed E-state index contributed by atoms with van der Waals surface area (Å²) < 4.78 is 1.66. The van der Waals surface area contributed by atoms with Crippen molar-refractivity contribution < 1.29 is 9.59 Å². The Morgan fingerprint density at radius 2 is 1.70 bits per heavy atom. The summed E-state index contributed by atoms with van der Waals surface area (Å²) in [6, 6.07) is 15.4. The molecule has 0 atom stereocenters. The molecule has 140 valence electrons. The number of benzene rings is 1. The summed E-state index contributed by atoms with van der Waals surface area (Å²) in [4.78, 5) is 29.4. The van der Waals surface area contributed by atoms with E-state index < -0.39 is 0 Å². The zero-order valence-corrected chi connectivity index (χ0v) is 15.4. The third-order valence-corrected chi connectivity index (χ3v) is 4.32. The number of aromatic nitrogens is 2. The van der Waals surface area contributed by atoms with Crippen molar-refractivity contribution in [2.75, 3.05) is 13.1 Å². The van der Waals surface area contributed by atoms with E-state index in [1.54, 1.807) is 16.7 Å². The van der Waals surface area contributed by atoms with E-state index in [2.05, 4.69) is 22.5 Å². The maximum absolute atomic E-state index is 12.6. The number of pyridine rings is 1. The highest BCUT2D eigenvalue weighted by molar-refractivity contribution is 6.02. The topological polar surface area (TPSA) is 75.5 Å². The van der Waals surface area contributed by atoms with Crippen molar-refractivity contribution in [2.45, 2.75) is 26.2 Å². The van der Waals surface area contributed by atoms with Crippen LogP contribution in [0.4, 0.5) is 0 Å². The number of hydrogen-bond donors (Lipinski definition) is 2. The Kier molecular flexibility index (Phi) is 6.20. The second kappa shape index (κ2) is 8.98. The molecule has 0 saturated carbocycles. The van der Waals surface area contributed by atoms with Crippen molar-refractivity contribution in [1.82, 2.24) is 20.0 Å². The molecule has 1 aromatic carbocycles. The number of unbranched alkanes of at least 4 members (excludes halogenated alkanes) is 1. The van der Waals surface area contributed by atoms with Gasteiger partial charge in [0.25, 0.3) is 11.8 Å². The lowest BCUT2D eigenvalue weighted by molar-refractivity contribution is 0.0943. The molecule has 2 heterocycles. The van der Waals surface area contributed by atoms with Crippen LogP contribution in [0.25, 0.3) is 5.52 Å². The van der Waals surface area contributed by atoms with Crippen LogP contribution in [-0.4, -0.2) is 34.3 Å². The normalized spacial score (nSPS) is 10.7. The Morgan fingerprint density at radius 1 is 0.963 bits per heavy atom. The molecule has 2 N–H and O–H groups in total. The van der Waals surface area contributed by atoms with Gasteiger partial charge in [-0.2, -0.15) is 0 Å². The molecule has 2 aromatic heterocycles. The van der Waals surface area contributed by atoms with Crippen LogP contribution in [0, 0.1) is 0 Å². The average Bonchev–Trinajstić information content (AvgIpc) is 3.09. The molecule has 0 spiro atoms. The third-order valence-electron chi connectivity index (χ3n) is 4.32. The number of carbonyl (C=O) groups is 2. The van der Waals surface area contributed by atoms with Crippen LogP contribution < -0.4 is 10.6 Å². The fourth-order valence-corrected chi connectivity index (χ4v) is 2.87. The van der Waals surface area contributed by atoms with E-state index in [1.165, 1.54) is 0 Å². The quantitative estimate of drug-likeness (QED) is 0.604. The molecule has 27 heavy (non-hydrogen) atoms. The molecule has 0 bridgehead atoms. The van der Waals surface area contributed by atoms with Gasteiger partial charge in [-0.25, -0.2) is 4.98 Å². The van der Waals surface area contributed by atoms with Crippen LogP contribution >= 0.6 is 0 Å². The van der Waals surface area contributed by atoms with Gasteiger partial charge in [0.2, 0.25) is 5.82 Å². The van der Waals surface area contributed by atoms with E-state index in [4.69, 9.17) is 0 Å². The fraction of sp³-hybridized carbons (Fsp3) is 0.286. The number of amides is 2. The summed E-state index contributed by atoms with van der Waals surface area (Å²) in [6.45, 7) is 3.17. The molecular weight excluding hydrogens is 340 g/mol. The van der Waals surface area contributed by atoms with Gasteiger partial charge in [-0.05, 0) is 30.5 Å². The predicted octanol–water partition coefficient (Wildman–Crippen LogP) is 2.84. The maximum Gasteiger partial charge on any atom is 0.287 e. The zero-order chi connectivity index (χ0) is 19.1. The molecule has 6 nitrogen and oxygen atoms in total. The molecular formula is C21H24N4O2. The molecule has 6 heteroatoms. The predicted molar refractivity (Wildman–Crippen MR) is 105 cm³/mol. The molecule has 0 unspecified atom stereocenters. The van der Waals surface area contributed by atoms with Gasteiger partial charge in [-0.15, -0.1) is 0 Å². The monoisotopic (exact) mass is 364 g/mol. The number of rotatable bonds is 8. The lowest BCUT2D eigenvalue weighted by atomic mass is 10.1. The van der Waals surface area contributed by atoms with Gasteiger partial charge < -0.3 is 10.6 Å². The van der Waals surface area contributed by atoms with Crippen molar-refractivity contribution in [3.63, 3.8) is 0 Å². The molecule has 3 rings (SSSR count). The Labute approximate surface area is 158 Å². The SMILES string of the molecule is CCCCNC(=O)c1nc(C(=O)NCCc2ccccc2)n2ccccc12. The van der Waals surface area contributed by atoms with Crippen LogP contribution in [0.5, 0.6) is 0 Å². The van der Waals surface area contributed by atoms with Gasteiger partial charge >= 0.3 is 0 Å². The number of fused-ring (bicyclic) bond motifs is 1. The summed E-state index contributed by atoms with van der Waals surface area (Å²) in [6.07, 6.45) is 4.39. The van der Waals surface area contributed by atoms with Crippen LogP contribution in [0.1, 0.15) is 46.4 Å². The van der Waals surface area contributed by atoms with E-state index in [-0.39, 0.29) is 23.3 Å². The van der Waals surface area contributed by atoms with Crippen molar-refractivity contribution in [2.24, 2.45) is 0 Å². The molecule has 0 aliphatic rings. The number of nitrogens with one attached hydrogen (secondary N) is 2. The minimum atomic E-state index is -0.292. The van der Waals surface area contributed by atoms with Gasteiger partial charge in [-0.3, -0.25) is 14.0 Å². The van der Waals surface area contributed by atoms with Crippen LogP contribution in [0.15, 0.2) is 54.7 Å². The minimum absolute atomic E-state index is 0.222. The third kappa shape index (κ3) is 4.53. The number of hydrogen-bond acceptors (Lipinski definition) is 3. The second-order valence-electron chi connectivity index (χ2n) is 6.34. The van der Waals surface area contributed by atoms with Gasteiger partial charge in [0.15, 0.2) is 5.69 Å². The lowest BCUT2D eigenvalue weighted by Crippen LogP contribution is -2.28. The number of nitrogens with zero attached hydrogens (tertiary/aromatic N) is 2. The maximum atomic E-state index is 12.6. The molecule has 3 aromatic rings. The number of carbonyl (C=O) groups excluding carboxylic acids is 2. The minimum Gasteiger partial charge on any atom is -0.351 e. The highest BCUT2D eigenvalue weighted by Gasteiger charge is 2.20. The zero-order valence-electron chi connectivity index (χ0n) is 15.4. The van der Waals surface area contributed by atoms with Crippen molar-refractivity contribution in [1.29, 1.82) is 0 Å². The van der Waals surface area contributed by atoms with Crippen molar-refractivity contribution >= 4 is 17.3 Å². The first-order chi connectivity index (χ1) is 13.2. The van der Waals surface area contributed by atoms with Gasteiger partial charge in [0, 0.05) is 19.3 Å². The van der Waals surface area contributed by atoms with E-state index in [9.17, 15) is 9.59 Å². The average molecular weight is 364 g/mol. The molecule has 0 radical (unpaired) electrons. The van der Waals surface area contributed by atoms with E-state index in [0.717, 1.165) is 24.8 Å². The van der Waals surface area contributed by atoms with Gasteiger partial charge in [0.1, 0.15) is 0 Å². The Bertz CT molecular complexity index is 918. The van der Waals surface area contributed by atoms with Crippen molar-refractivity contribution in [3.05, 3.63) is 71.8 Å². The smallest absolute Gasteiger partial charge is 0.287 e. The lowest BCUT2D eigenvalue weighted by Gasteiger charge is -2.04. The molecule has 0 aliphatic heterocycles. The fourth-order valence-electron chi connectivity index (χ4n) is 2.87. The van der Waals surface area contributed by atoms with E-state index in [0.29, 0.717) is 18.6 Å². The first-order valence-corrected chi connectivity index (χ1v) is 9.28. The standard InChI is InChI=1S/C21H24N4O2/c1-2-3-13-22-20(26)18-17-11-7-8-15-25(17)19(24-18)21(27)23-14-12-16-9-5-4-6-10-16/h4-11,15H,2-3,12-14H2,1H3,(H,22,26)(H,23,27).